The number of hydroxylamine groups is 2. The average Bonchev–Trinajstić information content (AvgIpc) is 2.98. The van der Waals surface area contributed by atoms with Gasteiger partial charge >= 0.3 is 11.9 Å². The Hall–Kier alpha value is -3.40. The third kappa shape index (κ3) is 7.38. The summed E-state index contributed by atoms with van der Waals surface area (Å²) >= 11 is 0. The van der Waals surface area contributed by atoms with Crippen LogP contribution in [0.15, 0.2) is 61.2 Å². The number of carbonyl (C=O) groups excluding carboxylic acids is 2. The smallest absolute Gasteiger partial charge is 0.325 e. The maximum Gasteiger partial charge on any atom is 0.325 e. The van der Waals surface area contributed by atoms with Gasteiger partial charge in [0.1, 0.15) is 11.5 Å². The van der Waals surface area contributed by atoms with Gasteiger partial charge in [0, 0.05) is 19.6 Å². The van der Waals surface area contributed by atoms with Gasteiger partial charge in [0.15, 0.2) is 5.41 Å². The first kappa shape index (κ1) is 30.1. The first-order chi connectivity index (χ1) is 18.9. The van der Waals surface area contributed by atoms with Crippen LogP contribution in [0.5, 0.6) is 11.5 Å². The molecule has 1 fully saturated rings. The summed E-state index contributed by atoms with van der Waals surface area (Å²) in [5, 5.41) is 1.70. The lowest BCUT2D eigenvalue weighted by molar-refractivity contribution is -0.279. The molecule has 3 rings (SSSR count). The fourth-order valence-electron chi connectivity index (χ4n) is 4.90. The molecule has 0 N–H and O–H groups in total. The van der Waals surface area contributed by atoms with Gasteiger partial charge in [-0.2, -0.15) is 5.06 Å². The molecule has 9 heteroatoms. The van der Waals surface area contributed by atoms with E-state index in [-0.39, 0.29) is 6.42 Å². The summed E-state index contributed by atoms with van der Waals surface area (Å²) in [5.41, 5.74) is 0.404. The van der Waals surface area contributed by atoms with E-state index in [1.165, 1.54) is 14.2 Å². The number of methoxy groups -OCH3 is 4. The second-order valence-electron chi connectivity index (χ2n) is 9.37. The van der Waals surface area contributed by atoms with Crippen LogP contribution in [0, 0.1) is 5.41 Å². The highest BCUT2D eigenvalue weighted by molar-refractivity contribution is 6.01. The molecule has 39 heavy (non-hydrogen) atoms. The molecule has 9 nitrogen and oxygen atoms in total. The zero-order valence-corrected chi connectivity index (χ0v) is 23.2. The van der Waals surface area contributed by atoms with Crippen molar-refractivity contribution in [3.05, 3.63) is 72.3 Å². The molecule has 2 atom stereocenters. The van der Waals surface area contributed by atoms with Crippen molar-refractivity contribution in [1.82, 2.24) is 5.06 Å². The first-order valence-corrected chi connectivity index (χ1v) is 13.0. The van der Waals surface area contributed by atoms with E-state index >= 15 is 0 Å². The monoisotopic (exact) mass is 541 g/mol. The Kier molecular flexibility index (Phi) is 11.3. The van der Waals surface area contributed by atoms with Crippen LogP contribution < -0.4 is 9.47 Å². The van der Waals surface area contributed by atoms with Gasteiger partial charge < -0.3 is 23.7 Å². The topological polar surface area (TPSA) is 92.8 Å². The first-order valence-electron chi connectivity index (χ1n) is 13.0. The summed E-state index contributed by atoms with van der Waals surface area (Å²) < 4.78 is 26.7. The van der Waals surface area contributed by atoms with Crippen LogP contribution in [0.1, 0.15) is 36.8 Å². The third-order valence-corrected chi connectivity index (χ3v) is 7.01. The van der Waals surface area contributed by atoms with Gasteiger partial charge in [-0.15, -0.1) is 6.58 Å². The number of nitrogens with zero attached hydrogens (tertiary/aromatic N) is 1. The van der Waals surface area contributed by atoms with Crippen LogP contribution in [0.3, 0.4) is 0 Å². The Morgan fingerprint density at radius 2 is 1.49 bits per heavy atom. The highest BCUT2D eigenvalue weighted by Crippen LogP contribution is 2.43. The predicted octanol–water partition coefficient (Wildman–Crippen LogP) is 4.48. The number of esters is 2. The molecule has 2 aromatic carbocycles. The van der Waals surface area contributed by atoms with E-state index < -0.39 is 29.5 Å². The van der Waals surface area contributed by atoms with Crippen molar-refractivity contribution in [2.24, 2.45) is 5.41 Å². The lowest BCUT2D eigenvalue weighted by Crippen LogP contribution is -2.62. The predicted molar refractivity (Wildman–Crippen MR) is 145 cm³/mol. The number of unbranched alkanes of at least 4 members (excludes halogenated alkanes) is 1. The summed E-state index contributed by atoms with van der Waals surface area (Å²) in [4.78, 5) is 32.8. The zero-order chi connectivity index (χ0) is 28.3. The maximum absolute atomic E-state index is 13.3. The van der Waals surface area contributed by atoms with E-state index in [4.69, 9.17) is 28.5 Å². The molecule has 0 unspecified atom stereocenters. The Labute approximate surface area is 230 Å². The van der Waals surface area contributed by atoms with Gasteiger partial charge in [0.25, 0.3) is 0 Å². The summed E-state index contributed by atoms with van der Waals surface area (Å²) in [6, 6.07) is 14.6. The highest BCUT2D eigenvalue weighted by atomic mass is 16.7. The Balaban J connectivity index is 1.75. The molecule has 0 bridgehead atoms. The van der Waals surface area contributed by atoms with Crippen molar-refractivity contribution in [3.8, 4) is 11.5 Å². The van der Waals surface area contributed by atoms with Gasteiger partial charge in [-0.1, -0.05) is 30.3 Å². The zero-order valence-electron chi connectivity index (χ0n) is 23.2. The van der Waals surface area contributed by atoms with E-state index in [0.29, 0.717) is 32.6 Å². The molecular weight excluding hydrogens is 502 g/mol. The molecule has 1 heterocycles. The van der Waals surface area contributed by atoms with E-state index in [0.717, 1.165) is 29.0 Å². The lowest BCUT2D eigenvalue weighted by Gasteiger charge is -2.48. The summed E-state index contributed by atoms with van der Waals surface area (Å²) in [5.74, 6) is 0.230. The fraction of sp³-hybridized carbons (Fsp3) is 0.467. The third-order valence-electron chi connectivity index (χ3n) is 7.01. The molecule has 1 saturated heterocycles. The van der Waals surface area contributed by atoms with Gasteiger partial charge in [-0.05, 0) is 54.7 Å². The van der Waals surface area contributed by atoms with Crippen molar-refractivity contribution >= 4 is 11.9 Å². The van der Waals surface area contributed by atoms with E-state index in [1.54, 1.807) is 25.4 Å². The minimum absolute atomic E-state index is 0.0770. The largest absolute Gasteiger partial charge is 0.497 e. The molecule has 0 aromatic heterocycles. The van der Waals surface area contributed by atoms with Crippen molar-refractivity contribution in [2.75, 3.05) is 35.0 Å². The maximum atomic E-state index is 13.3. The van der Waals surface area contributed by atoms with E-state index in [2.05, 4.69) is 6.58 Å². The van der Waals surface area contributed by atoms with Gasteiger partial charge in [-0.3, -0.25) is 14.4 Å². The Morgan fingerprint density at radius 1 is 0.923 bits per heavy atom. The summed E-state index contributed by atoms with van der Waals surface area (Å²) in [7, 11) is 5.80. The Morgan fingerprint density at radius 3 is 2.00 bits per heavy atom. The number of hydrogen-bond acceptors (Lipinski definition) is 9. The van der Waals surface area contributed by atoms with Crippen LogP contribution in [0.2, 0.25) is 0 Å². The SMILES string of the molecule is C=C[C@H]1CC(C(=O)OC)(C(=O)OC)[C@@H](CCCCOCc2ccc(OC)cc2)N(Cc2ccc(OC)cc2)O1. The molecular formula is C30H39NO8. The van der Waals surface area contributed by atoms with Crippen LogP contribution in [0.25, 0.3) is 0 Å². The lowest BCUT2D eigenvalue weighted by atomic mass is 9.72. The van der Waals surface area contributed by atoms with Crippen molar-refractivity contribution in [1.29, 1.82) is 0 Å². The quantitative estimate of drug-likeness (QED) is 0.148. The van der Waals surface area contributed by atoms with Gasteiger partial charge in [0.2, 0.25) is 0 Å². The number of rotatable bonds is 14. The van der Waals surface area contributed by atoms with Crippen LogP contribution in [-0.2, 0) is 41.8 Å². The summed E-state index contributed by atoms with van der Waals surface area (Å²) in [6.45, 7) is 5.19. The molecule has 1 aliphatic rings. The number of ether oxygens (including phenoxy) is 5. The Bertz CT molecular complexity index is 1050. The highest BCUT2D eigenvalue weighted by Gasteiger charge is 2.60. The van der Waals surface area contributed by atoms with Gasteiger partial charge in [0.05, 0.1) is 47.2 Å². The van der Waals surface area contributed by atoms with E-state index in [9.17, 15) is 9.59 Å². The van der Waals surface area contributed by atoms with Gasteiger partial charge in [-0.25, -0.2) is 0 Å². The molecule has 2 aromatic rings. The molecule has 0 radical (unpaired) electrons. The normalized spacial score (nSPS) is 18.7. The summed E-state index contributed by atoms with van der Waals surface area (Å²) in [6.07, 6.45) is 2.98. The van der Waals surface area contributed by atoms with Crippen molar-refractivity contribution in [3.63, 3.8) is 0 Å². The molecule has 0 amide bonds. The average molecular weight is 542 g/mol. The molecule has 212 valence electrons. The van der Waals surface area contributed by atoms with E-state index in [1.807, 2.05) is 48.5 Å². The molecule has 0 spiro atoms. The fourth-order valence-corrected chi connectivity index (χ4v) is 4.90. The number of benzene rings is 2. The molecule has 0 saturated carbocycles. The van der Waals surface area contributed by atoms with Crippen LogP contribution >= 0.6 is 0 Å². The van der Waals surface area contributed by atoms with Crippen molar-refractivity contribution in [2.45, 2.75) is 51.0 Å². The minimum atomic E-state index is -1.57. The standard InChI is InChI=1S/C30H39NO8/c1-6-24-19-30(28(32)36-4,29(33)37-5)27(31(39-24)20-22-10-14-25(34-2)15-11-22)9-7-8-18-38-21-23-12-16-26(35-3)17-13-23/h6,10-17,24,27H,1,7-9,18-21H2,2-5H3/t24-,27+/m0/s1. The molecule has 0 aliphatic carbocycles. The second-order valence-corrected chi connectivity index (χ2v) is 9.37. The number of carbonyl (C=O) groups is 2. The van der Waals surface area contributed by atoms with Crippen molar-refractivity contribution < 1.29 is 38.1 Å². The number of hydrogen-bond donors (Lipinski definition) is 0. The van der Waals surface area contributed by atoms with Crippen LogP contribution in [-0.4, -0.2) is 64.2 Å². The molecule has 1 aliphatic heterocycles. The minimum Gasteiger partial charge on any atom is -0.497 e. The second kappa shape index (κ2) is 14.7. The van der Waals surface area contributed by atoms with Crippen LogP contribution in [0.4, 0.5) is 0 Å².